The first-order valence-electron chi connectivity index (χ1n) is 16.2. The van der Waals surface area contributed by atoms with Gasteiger partial charge in [0.1, 0.15) is 17.4 Å². The Bertz CT molecular complexity index is 2090. The minimum absolute atomic E-state index is 0.0295. The third kappa shape index (κ3) is 6.51. The minimum Gasteiger partial charge on any atom is -0.451 e. The molecule has 2 fully saturated rings. The molecule has 3 heterocycles. The molecule has 2 aliphatic rings. The van der Waals surface area contributed by atoms with Gasteiger partial charge in [0.05, 0.1) is 5.39 Å². The Morgan fingerprint density at radius 3 is 2.40 bits per heavy atom. The lowest BCUT2D eigenvalue weighted by Crippen LogP contribution is -2.55. The molecule has 2 saturated heterocycles. The molecule has 0 saturated carbocycles. The van der Waals surface area contributed by atoms with Gasteiger partial charge in [0.25, 0.3) is 5.91 Å². The number of hydrogen-bond donors (Lipinski definition) is 1. The van der Waals surface area contributed by atoms with Crippen molar-refractivity contribution in [2.24, 2.45) is 0 Å². The topological polar surface area (TPSA) is 103 Å². The fraction of sp³-hybridized carbons (Fsp3) is 0.263. The number of piperazine rings is 1. The van der Waals surface area contributed by atoms with Gasteiger partial charge in [0.15, 0.2) is 11.2 Å². The first kappa shape index (κ1) is 31.1. The van der Waals surface area contributed by atoms with Crippen LogP contribution in [0.25, 0.3) is 21.7 Å². The van der Waals surface area contributed by atoms with Crippen LogP contribution in [0.2, 0.25) is 0 Å². The lowest BCUT2D eigenvalue weighted by molar-refractivity contribution is -0.133. The van der Waals surface area contributed by atoms with E-state index in [0.29, 0.717) is 39.1 Å². The molecule has 4 aromatic carbocycles. The highest BCUT2D eigenvalue weighted by Crippen LogP contribution is 2.26. The quantitative estimate of drug-likeness (QED) is 0.258. The van der Waals surface area contributed by atoms with Crippen molar-refractivity contribution in [2.45, 2.75) is 31.8 Å². The van der Waals surface area contributed by atoms with Gasteiger partial charge in [-0.05, 0) is 52.6 Å². The van der Waals surface area contributed by atoms with Gasteiger partial charge in [0.2, 0.25) is 11.8 Å². The molecule has 0 bridgehead atoms. The van der Waals surface area contributed by atoms with Crippen molar-refractivity contribution < 1.29 is 23.2 Å². The molecule has 1 N–H and O–H groups in total. The zero-order valence-electron chi connectivity index (χ0n) is 26.4. The van der Waals surface area contributed by atoms with Crippen molar-refractivity contribution in [1.82, 2.24) is 15.1 Å². The van der Waals surface area contributed by atoms with Crippen molar-refractivity contribution in [1.29, 1.82) is 0 Å². The zero-order chi connectivity index (χ0) is 33.2. The van der Waals surface area contributed by atoms with Crippen LogP contribution in [0.15, 0.2) is 100 Å². The third-order valence-electron chi connectivity index (χ3n) is 9.23. The molecule has 5 aromatic rings. The zero-order valence-corrected chi connectivity index (χ0v) is 26.4. The van der Waals surface area contributed by atoms with Gasteiger partial charge in [-0.15, -0.1) is 0 Å². The highest BCUT2D eigenvalue weighted by atomic mass is 19.1. The smallest absolute Gasteiger partial charge is 0.287 e. The summed E-state index contributed by atoms with van der Waals surface area (Å²) in [5.41, 5.74) is 2.53. The molecule has 0 spiro atoms. The summed E-state index contributed by atoms with van der Waals surface area (Å²) in [7, 11) is 0. The number of amides is 3. The van der Waals surface area contributed by atoms with E-state index in [-0.39, 0.29) is 35.0 Å². The van der Waals surface area contributed by atoms with Crippen molar-refractivity contribution in [3.63, 3.8) is 0 Å². The van der Waals surface area contributed by atoms with E-state index in [1.54, 1.807) is 4.90 Å². The molecule has 2 aliphatic heterocycles. The molecule has 10 heteroatoms. The molecule has 1 aromatic heterocycles. The number of hydrogen-bond acceptors (Lipinski definition) is 6. The summed E-state index contributed by atoms with van der Waals surface area (Å²) < 4.78 is 19.4. The lowest BCUT2D eigenvalue weighted by atomic mass is 10.0. The summed E-state index contributed by atoms with van der Waals surface area (Å²) in [6, 6.07) is 25.6. The van der Waals surface area contributed by atoms with Crippen LogP contribution in [0.3, 0.4) is 0 Å². The van der Waals surface area contributed by atoms with E-state index >= 15 is 0 Å². The van der Waals surface area contributed by atoms with Gasteiger partial charge in [-0.2, -0.15) is 0 Å². The number of fused-ring (bicyclic) bond motifs is 2. The minimum atomic E-state index is -0.937. The summed E-state index contributed by atoms with van der Waals surface area (Å²) >= 11 is 0. The normalized spacial score (nSPS) is 15.7. The second kappa shape index (κ2) is 13.3. The van der Waals surface area contributed by atoms with Gasteiger partial charge in [-0.3, -0.25) is 19.2 Å². The first-order chi connectivity index (χ1) is 23.3. The van der Waals surface area contributed by atoms with Crippen molar-refractivity contribution in [2.75, 3.05) is 37.6 Å². The van der Waals surface area contributed by atoms with Crippen LogP contribution < -0.4 is 15.6 Å². The lowest BCUT2D eigenvalue weighted by Gasteiger charge is -2.38. The van der Waals surface area contributed by atoms with Crippen LogP contribution in [0.5, 0.6) is 0 Å². The van der Waals surface area contributed by atoms with Crippen LogP contribution in [-0.4, -0.2) is 66.3 Å². The highest BCUT2D eigenvalue weighted by Gasteiger charge is 2.31. The number of rotatable bonds is 8. The Labute approximate surface area is 276 Å². The Balaban J connectivity index is 1.11. The summed E-state index contributed by atoms with van der Waals surface area (Å²) in [6.45, 7) is 3.38. The average molecular weight is 647 g/mol. The molecule has 3 amide bonds. The van der Waals surface area contributed by atoms with E-state index in [9.17, 15) is 23.6 Å². The maximum Gasteiger partial charge on any atom is 0.287 e. The van der Waals surface area contributed by atoms with Crippen LogP contribution >= 0.6 is 0 Å². The van der Waals surface area contributed by atoms with E-state index in [1.807, 2.05) is 59.5 Å². The molecule has 244 valence electrons. The standard InChI is InChI=1S/C38H35FN4O5/c39-29-13-14-34-30(22-29)33(44)23-35(48-34)37(46)40-31(21-25-11-12-26-6-1-2-7-27(26)20-25)38(47)42-18-16-41(17-19-42)32-9-4-3-8-28(32)24-43-15-5-10-36(43)45/h1-4,6-9,11-14,20,22-23,31H,5,10,15-19,21,24H2,(H,40,46)/t31-/m1/s1. The van der Waals surface area contributed by atoms with Gasteiger partial charge in [-0.25, -0.2) is 4.39 Å². The number of nitrogens with one attached hydrogen (secondary N) is 1. The Morgan fingerprint density at radius 2 is 1.60 bits per heavy atom. The van der Waals surface area contributed by atoms with E-state index in [4.69, 9.17) is 4.42 Å². The third-order valence-corrected chi connectivity index (χ3v) is 9.23. The Kier molecular flexibility index (Phi) is 8.63. The molecule has 48 heavy (non-hydrogen) atoms. The fourth-order valence-corrected chi connectivity index (χ4v) is 6.69. The number of benzene rings is 4. The van der Waals surface area contributed by atoms with Crippen molar-refractivity contribution >= 4 is 45.2 Å². The molecule has 0 aliphatic carbocycles. The maximum absolute atomic E-state index is 14.1. The van der Waals surface area contributed by atoms with Crippen molar-refractivity contribution in [3.05, 3.63) is 124 Å². The number of para-hydroxylation sites is 1. The maximum atomic E-state index is 14.1. The number of carbonyl (C=O) groups excluding carboxylic acids is 3. The second-order valence-electron chi connectivity index (χ2n) is 12.4. The first-order valence-corrected chi connectivity index (χ1v) is 16.2. The number of anilines is 1. The average Bonchev–Trinajstić information content (AvgIpc) is 3.51. The summed E-state index contributed by atoms with van der Waals surface area (Å²) in [5, 5.41) is 4.95. The van der Waals surface area contributed by atoms with Crippen molar-refractivity contribution in [3.8, 4) is 0 Å². The number of likely N-dealkylation sites (tertiary alicyclic amines) is 1. The van der Waals surface area contributed by atoms with Gasteiger partial charge < -0.3 is 24.4 Å². The summed E-state index contributed by atoms with van der Waals surface area (Å²) in [4.78, 5) is 58.6. The predicted octanol–water partition coefficient (Wildman–Crippen LogP) is 4.90. The number of carbonyl (C=O) groups is 3. The number of halogens is 1. The van der Waals surface area contributed by atoms with Crippen LogP contribution in [0.1, 0.15) is 34.5 Å². The Hall–Kier alpha value is -5.51. The molecule has 9 nitrogen and oxygen atoms in total. The van der Waals surface area contributed by atoms with Gasteiger partial charge in [-0.1, -0.05) is 60.7 Å². The Morgan fingerprint density at radius 1 is 0.833 bits per heavy atom. The molecule has 7 rings (SSSR count). The van der Waals surface area contributed by atoms with E-state index < -0.39 is 23.2 Å². The SMILES string of the molecule is O=C(N[C@H](Cc1ccc2ccccc2c1)C(=O)N1CCN(c2ccccc2CN2CCCC2=O)CC1)c1cc(=O)c2cc(F)ccc2o1. The highest BCUT2D eigenvalue weighted by molar-refractivity contribution is 5.97. The van der Waals surface area contributed by atoms with E-state index in [1.165, 1.54) is 6.07 Å². The van der Waals surface area contributed by atoms with E-state index in [0.717, 1.165) is 58.8 Å². The van der Waals surface area contributed by atoms with Crippen LogP contribution in [0.4, 0.5) is 10.1 Å². The number of nitrogens with zero attached hydrogens (tertiary/aromatic N) is 3. The molecule has 0 unspecified atom stereocenters. The van der Waals surface area contributed by atoms with Crippen LogP contribution in [-0.2, 0) is 22.6 Å². The predicted molar refractivity (Wildman–Crippen MR) is 181 cm³/mol. The van der Waals surface area contributed by atoms with E-state index in [2.05, 4.69) is 22.3 Å². The molecule has 0 radical (unpaired) electrons. The fourth-order valence-electron chi connectivity index (χ4n) is 6.69. The van der Waals surface area contributed by atoms with Gasteiger partial charge in [0, 0.05) is 63.9 Å². The summed E-state index contributed by atoms with van der Waals surface area (Å²) in [6.07, 6.45) is 1.70. The monoisotopic (exact) mass is 646 g/mol. The van der Waals surface area contributed by atoms with Gasteiger partial charge >= 0.3 is 0 Å². The molecular formula is C38H35FN4O5. The molecular weight excluding hydrogens is 611 g/mol. The van der Waals surface area contributed by atoms with Crippen LogP contribution in [0, 0.1) is 5.82 Å². The summed E-state index contributed by atoms with van der Waals surface area (Å²) in [5.74, 6) is -1.61. The largest absolute Gasteiger partial charge is 0.451 e. The second-order valence-corrected chi connectivity index (χ2v) is 12.4. The molecule has 1 atom stereocenters.